The summed E-state index contributed by atoms with van der Waals surface area (Å²) in [7, 11) is 4.16. The Balaban J connectivity index is 1.95. The Morgan fingerprint density at radius 3 is 2.83 bits per heavy atom. The first-order chi connectivity index (χ1) is 11.2. The summed E-state index contributed by atoms with van der Waals surface area (Å²) >= 11 is 1.97. The van der Waals surface area contributed by atoms with Gasteiger partial charge >= 0.3 is 0 Å². The fourth-order valence-corrected chi connectivity index (χ4v) is 4.29. The molecule has 0 radical (unpaired) electrons. The zero-order chi connectivity index (χ0) is 16.2. The molecule has 1 amide bonds. The second-order valence-electron chi connectivity index (χ2n) is 6.37. The van der Waals surface area contributed by atoms with E-state index >= 15 is 0 Å². The smallest absolute Gasteiger partial charge is 0.254 e. The minimum atomic E-state index is 0.177. The number of nitrogens with zero attached hydrogens (tertiary/aromatic N) is 2. The van der Waals surface area contributed by atoms with Crippen molar-refractivity contribution < 1.29 is 4.79 Å². The molecule has 1 atom stereocenters. The minimum absolute atomic E-state index is 0.177. The van der Waals surface area contributed by atoms with Crippen LogP contribution in [0.3, 0.4) is 0 Å². The van der Waals surface area contributed by atoms with Gasteiger partial charge in [-0.15, -0.1) is 0 Å². The molecule has 2 aromatic carbocycles. The number of carbonyl (C=O) groups excluding carboxylic acids is 1. The number of rotatable bonds is 3. The molecule has 0 aromatic heterocycles. The first-order valence-electron chi connectivity index (χ1n) is 8.18. The van der Waals surface area contributed by atoms with Gasteiger partial charge < -0.3 is 9.80 Å². The van der Waals surface area contributed by atoms with E-state index in [1.54, 1.807) is 0 Å². The van der Waals surface area contributed by atoms with Gasteiger partial charge in [0, 0.05) is 24.4 Å². The van der Waals surface area contributed by atoms with E-state index in [1.807, 2.05) is 36.0 Å². The first-order valence-corrected chi connectivity index (χ1v) is 9.33. The SMILES string of the molecule is CN(C)CC1CSCCCN1C(=O)c1cccc2ccccc12. The maximum atomic E-state index is 13.3. The van der Waals surface area contributed by atoms with Gasteiger partial charge in [-0.2, -0.15) is 11.8 Å². The number of benzene rings is 2. The summed E-state index contributed by atoms with van der Waals surface area (Å²) in [4.78, 5) is 17.5. The van der Waals surface area contributed by atoms with Crippen LogP contribution in [-0.4, -0.2) is 60.4 Å². The van der Waals surface area contributed by atoms with Crippen molar-refractivity contribution in [2.24, 2.45) is 0 Å². The van der Waals surface area contributed by atoms with Gasteiger partial charge in [0.1, 0.15) is 0 Å². The van der Waals surface area contributed by atoms with Gasteiger partial charge in [-0.05, 0) is 43.1 Å². The Morgan fingerprint density at radius 2 is 2.00 bits per heavy atom. The summed E-state index contributed by atoms with van der Waals surface area (Å²) in [6.45, 7) is 1.77. The third-order valence-electron chi connectivity index (χ3n) is 4.30. The first kappa shape index (κ1) is 16.3. The van der Waals surface area contributed by atoms with Crippen LogP contribution in [0.4, 0.5) is 0 Å². The third-order valence-corrected chi connectivity index (χ3v) is 5.49. The van der Waals surface area contributed by atoms with E-state index in [0.29, 0.717) is 0 Å². The van der Waals surface area contributed by atoms with Crippen LogP contribution in [0.25, 0.3) is 10.8 Å². The van der Waals surface area contributed by atoms with Gasteiger partial charge in [-0.1, -0.05) is 36.4 Å². The maximum absolute atomic E-state index is 13.3. The van der Waals surface area contributed by atoms with Gasteiger partial charge in [-0.25, -0.2) is 0 Å². The number of hydrogen-bond donors (Lipinski definition) is 0. The molecule has 0 aliphatic carbocycles. The van der Waals surface area contributed by atoms with E-state index in [-0.39, 0.29) is 11.9 Å². The minimum Gasteiger partial charge on any atom is -0.333 e. The molecule has 1 fully saturated rings. The van der Waals surface area contributed by atoms with E-state index in [4.69, 9.17) is 0 Å². The van der Waals surface area contributed by atoms with Gasteiger partial charge in [0.05, 0.1) is 6.04 Å². The lowest BCUT2D eigenvalue weighted by Gasteiger charge is -2.32. The van der Waals surface area contributed by atoms with Gasteiger partial charge in [0.25, 0.3) is 5.91 Å². The van der Waals surface area contributed by atoms with E-state index in [0.717, 1.165) is 47.4 Å². The van der Waals surface area contributed by atoms with Crippen molar-refractivity contribution >= 4 is 28.4 Å². The Kier molecular flexibility index (Phi) is 5.23. The van der Waals surface area contributed by atoms with Crippen molar-refractivity contribution in [3.63, 3.8) is 0 Å². The average molecular weight is 328 g/mol. The molecule has 2 aromatic rings. The van der Waals surface area contributed by atoms with Gasteiger partial charge in [0.2, 0.25) is 0 Å². The molecule has 1 unspecified atom stereocenters. The predicted molar refractivity (Wildman–Crippen MR) is 99.3 cm³/mol. The average Bonchev–Trinajstić information content (AvgIpc) is 2.78. The summed E-state index contributed by atoms with van der Waals surface area (Å²) in [5.41, 5.74) is 0.832. The van der Waals surface area contributed by atoms with E-state index in [2.05, 4.69) is 42.1 Å². The van der Waals surface area contributed by atoms with Crippen molar-refractivity contribution in [2.45, 2.75) is 12.5 Å². The highest BCUT2D eigenvalue weighted by atomic mass is 32.2. The lowest BCUT2D eigenvalue weighted by atomic mass is 10.0. The van der Waals surface area contributed by atoms with Crippen molar-refractivity contribution in [1.82, 2.24) is 9.80 Å². The maximum Gasteiger partial charge on any atom is 0.254 e. The number of likely N-dealkylation sites (N-methyl/N-ethyl adjacent to an activating group) is 1. The molecule has 0 saturated carbocycles. The molecule has 1 aliphatic heterocycles. The molecule has 3 rings (SSSR count). The van der Waals surface area contributed by atoms with Crippen LogP contribution in [0.2, 0.25) is 0 Å². The molecular formula is C19H24N2OS. The topological polar surface area (TPSA) is 23.6 Å². The highest BCUT2D eigenvalue weighted by Crippen LogP contribution is 2.24. The number of thioether (sulfide) groups is 1. The van der Waals surface area contributed by atoms with E-state index in [1.165, 1.54) is 0 Å². The molecule has 23 heavy (non-hydrogen) atoms. The predicted octanol–water partition coefficient (Wildman–Crippen LogP) is 3.35. The second-order valence-corrected chi connectivity index (χ2v) is 7.52. The molecule has 1 heterocycles. The molecule has 0 spiro atoms. The summed E-state index contributed by atoms with van der Waals surface area (Å²) < 4.78 is 0. The summed E-state index contributed by atoms with van der Waals surface area (Å²) in [5.74, 6) is 2.34. The Morgan fingerprint density at radius 1 is 1.22 bits per heavy atom. The number of carbonyl (C=O) groups is 1. The van der Waals surface area contributed by atoms with Crippen molar-refractivity contribution in [3.05, 3.63) is 48.0 Å². The summed E-state index contributed by atoms with van der Waals surface area (Å²) in [5, 5.41) is 2.19. The lowest BCUT2D eigenvalue weighted by molar-refractivity contribution is 0.0677. The number of amides is 1. The van der Waals surface area contributed by atoms with Crippen LogP contribution >= 0.6 is 11.8 Å². The van der Waals surface area contributed by atoms with Gasteiger partial charge in [0.15, 0.2) is 0 Å². The molecule has 3 nitrogen and oxygen atoms in total. The fraction of sp³-hybridized carbons (Fsp3) is 0.421. The summed E-state index contributed by atoms with van der Waals surface area (Å²) in [6, 6.07) is 14.5. The zero-order valence-electron chi connectivity index (χ0n) is 13.9. The Labute approximate surface area is 142 Å². The van der Waals surface area contributed by atoms with Crippen LogP contribution in [0.5, 0.6) is 0 Å². The van der Waals surface area contributed by atoms with Crippen molar-refractivity contribution in [2.75, 3.05) is 38.7 Å². The van der Waals surface area contributed by atoms with Crippen LogP contribution in [0, 0.1) is 0 Å². The van der Waals surface area contributed by atoms with Crippen molar-refractivity contribution in [3.8, 4) is 0 Å². The van der Waals surface area contributed by atoms with E-state index in [9.17, 15) is 4.79 Å². The monoisotopic (exact) mass is 328 g/mol. The number of hydrogen-bond acceptors (Lipinski definition) is 3. The molecule has 1 aliphatic rings. The molecule has 4 heteroatoms. The Bertz CT molecular complexity index is 681. The molecule has 122 valence electrons. The third kappa shape index (κ3) is 3.70. The zero-order valence-corrected chi connectivity index (χ0v) is 14.7. The van der Waals surface area contributed by atoms with Crippen LogP contribution in [-0.2, 0) is 0 Å². The second kappa shape index (κ2) is 7.37. The normalized spacial score (nSPS) is 19.1. The van der Waals surface area contributed by atoms with E-state index < -0.39 is 0 Å². The van der Waals surface area contributed by atoms with Crippen molar-refractivity contribution in [1.29, 1.82) is 0 Å². The highest BCUT2D eigenvalue weighted by Gasteiger charge is 2.27. The van der Waals surface area contributed by atoms with Gasteiger partial charge in [-0.3, -0.25) is 4.79 Å². The molecule has 0 N–H and O–H groups in total. The Hall–Kier alpha value is -1.52. The molecule has 1 saturated heterocycles. The van der Waals surface area contributed by atoms with Crippen LogP contribution in [0.1, 0.15) is 16.8 Å². The van der Waals surface area contributed by atoms with Crippen LogP contribution < -0.4 is 0 Å². The largest absolute Gasteiger partial charge is 0.333 e. The lowest BCUT2D eigenvalue weighted by Crippen LogP contribution is -2.46. The molecule has 0 bridgehead atoms. The standard InChI is InChI=1S/C19H24N2OS/c1-20(2)13-16-14-23-12-6-11-21(16)19(22)18-10-5-8-15-7-3-4-9-17(15)18/h3-5,7-10,16H,6,11-14H2,1-2H3. The number of fused-ring (bicyclic) bond motifs is 1. The quantitative estimate of drug-likeness (QED) is 0.863. The van der Waals surface area contributed by atoms with Crippen LogP contribution in [0.15, 0.2) is 42.5 Å². The molecular weight excluding hydrogens is 304 g/mol. The fourth-order valence-electron chi connectivity index (χ4n) is 3.24. The summed E-state index contributed by atoms with van der Waals surface area (Å²) in [6.07, 6.45) is 1.07. The highest BCUT2D eigenvalue weighted by molar-refractivity contribution is 7.99.